The molecule has 0 bridgehead atoms. The number of carboxylic acids is 1. The summed E-state index contributed by atoms with van der Waals surface area (Å²) in [5, 5.41) is 40.4. The molecule has 1 fully saturated rings. The van der Waals surface area contributed by atoms with Crippen LogP contribution in [0.1, 0.15) is 131 Å². The van der Waals surface area contributed by atoms with Gasteiger partial charge in [0.2, 0.25) is 70.9 Å². The molecule has 0 saturated carbocycles. The average Bonchev–Trinajstić information content (AvgIpc) is 0.825. The van der Waals surface area contributed by atoms with Gasteiger partial charge < -0.3 is 76.8 Å². The maximum Gasteiger partial charge on any atom is 0.305 e. The molecule has 3 aromatic rings. The molecule has 0 radical (unpaired) electrons. The Kier molecular flexibility index (Phi) is 35.0. The fourth-order valence-electron chi connectivity index (χ4n) is 12.6. The SMILES string of the molecule is CN[C@@H](C)C(=O)N[C@H](C(=O)N(C)[C@@H](CC(C)C)C(=O)N[C@H](C(=O)N(C)[C@@H](Cc1ccccc1)C(=O)NCC(=O)N(C)[C@@H](CC(C)C)C(=O)N(C)[C@H](C(=O)N[C@@H](Cc1ccccc1)C(=O)N[C@@H](CC(=O)O)C(=O)N(C)[C@@H](Cc1ccccc1)C(=O)N[C@@H](C)C(=O)N1CCCCC1)C(C)C)[C@@H](C)O)C(C)C. The molecule has 104 heavy (non-hydrogen) atoms. The molecule has 574 valence electrons. The molecule has 12 atom stereocenters. The van der Waals surface area contributed by atoms with Crippen molar-refractivity contribution in [2.45, 2.75) is 207 Å². The molecular weight excluding hydrogens is 1330 g/mol. The van der Waals surface area contributed by atoms with Gasteiger partial charge in [0.25, 0.3) is 0 Å². The number of nitrogens with one attached hydrogen (secondary N) is 7. The van der Waals surface area contributed by atoms with Crippen LogP contribution in [0.15, 0.2) is 91.0 Å². The van der Waals surface area contributed by atoms with Crippen LogP contribution in [-0.2, 0) is 81.6 Å². The van der Waals surface area contributed by atoms with E-state index in [9.17, 15) is 67.7 Å². The van der Waals surface area contributed by atoms with Crippen molar-refractivity contribution in [3.05, 3.63) is 108 Å². The first-order chi connectivity index (χ1) is 48.9. The minimum absolute atomic E-state index is 0.0512. The van der Waals surface area contributed by atoms with E-state index in [0.717, 1.165) is 34.0 Å². The summed E-state index contributed by atoms with van der Waals surface area (Å²) in [7, 11) is 8.38. The summed E-state index contributed by atoms with van der Waals surface area (Å²) in [4.78, 5) is 193. The third kappa shape index (κ3) is 25.8. The van der Waals surface area contributed by atoms with E-state index in [2.05, 4.69) is 37.2 Å². The molecule has 12 amide bonds. The number of benzene rings is 3. The lowest BCUT2D eigenvalue weighted by molar-refractivity contribution is -0.150. The van der Waals surface area contributed by atoms with Gasteiger partial charge in [-0.3, -0.25) is 62.3 Å². The summed E-state index contributed by atoms with van der Waals surface area (Å²) in [6, 6.07) is 11.9. The molecular formula is C76H115N13O15. The Labute approximate surface area is 613 Å². The molecule has 1 aliphatic rings. The molecule has 0 spiro atoms. The van der Waals surface area contributed by atoms with Gasteiger partial charge in [-0.2, -0.15) is 0 Å². The summed E-state index contributed by atoms with van der Waals surface area (Å²) >= 11 is 0. The van der Waals surface area contributed by atoms with Gasteiger partial charge in [-0.1, -0.05) is 146 Å². The summed E-state index contributed by atoms with van der Waals surface area (Å²) < 4.78 is 0. The fraction of sp³-hybridized carbons (Fsp3) is 0.592. The van der Waals surface area contributed by atoms with E-state index in [1.54, 1.807) is 144 Å². The van der Waals surface area contributed by atoms with Gasteiger partial charge in [0, 0.05) is 67.6 Å². The highest BCUT2D eigenvalue weighted by Gasteiger charge is 2.43. The van der Waals surface area contributed by atoms with E-state index >= 15 is 4.79 Å². The Morgan fingerprint density at radius 3 is 1.35 bits per heavy atom. The van der Waals surface area contributed by atoms with E-state index in [1.807, 2.05) is 27.7 Å². The molecule has 1 saturated heterocycles. The molecule has 3 aromatic carbocycles. The van der Waals surface area contributed by atoms with E-state index in [0.29, 0.717) is 29.8 Å². The second kappa shape index (κ2) is 41.8. The number of amides is 12. The van der Waals surface area contributed by atoms with Gasteiger partial charge in [0.15, 0.2) is 0 Å². The Bertz CT molecular complexity index is 3370. The molecule has 0 aliphatic carbocycles. The van der Waals surface area contributed by atoms with E-state index in [4.69, 9.17) is 0 Å². The number of aliphatic carboxylic acids is 1. The summed E-state index contributed by atoms with van der Waals surface area (Å²) in [6.45, 7) is 19.0. The second-order valence-corrected chi connectivity index (χ2v) is 28.9. The summed E-state index contributed by atoms with van der Waals surface area (Å²) in [5.41, 5.74) is 1.79. The lowest BCUT2D eigenvalue weighted by Gasteiger charge is -2.37. The molecule has 1 heterocycles. The van der Waals surface area contributed by atoms with Crippen molar-refractivity contribution < 1.29 is 72.5 Å². The molecule has 0 aromatic heterocycles. The van der Waals surface area contributed by atoms with Gasteiger partial charge in [0.1, 0.15) is 60.4 Å². The number of aliphatic hydroxyl groups is 1. The summed E-state index contributed by atoms with van der Waals surface area (Å²) in [5.74, 6) is -11.6. The first kappa shape index (κ1) is 87.1. The second-order valence-electron chi connectivity index (χ2n) is 28.9. The van der Waals surface area contributed by atoms with Crippen molar-refractivity contribution in [3.8, 4) is 0 Å². The molecule has 9 N–H and O–H groups in total. The lowest BCUT2D eigenvalue weighted by atomic mass is 9.96. The van der Waals surface area contributed by atoms with Crippen molar-refractivity contribution in [2.75, 3.05) is 61.9 Å². The van der Waals surface area contributed by atoms with Crippen LogP contribution in [0, 0.1) is 23.7 Å². The van der Waals surface area contributed by atoms with Gasteiger partial charge in [-0.25, -0.2) is 0 Å². The van der Waals surface area contributed by atoms with E-state index in [-0.39, 0.29) is 49.8 Å². The van der Waals surface area contributed by atoms with Crippen LogP contribution in [0.3, 0.4) is 0 Å². The Balaban J connectivity index is 1.61. The van der Waals surface area contributed by atoms with Gasteiger partial charge in [0.05, 0.1) is 25.1 Å². The van der Waals surface area contributed by atoms with E-state index in [1.165, 1.54) is 52.0 Å². The predicted molar refractivity (Wildman–Crippen MR) is 393 cm³/mol. The standard InChI is InChI=1S/C76H115N13O15/c1-45(2)38-57(86(15)75(103)63(47(5)6)82-66(94)49(9)77-12)70(98)83-64(51(11)90)76(104)87(16)58(41-53-32-24-19-25-33-53)68(96)78-44-61(91)84(13)60(39-46(3)4)74(102)88(17)65(48(7)8)71(99)80-55(40-52-30-22-18-23-31-52)67(95)81-56(43-62(92)93)73(101)85(14)59(42-54-34-26-20-27-35-54)69(97)79-50(10)72(100)89-36-28-21-29-37-89/h18-20,22-27,30-35,45-51,55-60,63-65,77,90H,21,28-29,36-44H2,1-17H3,(H,78,96)(H,79,97)(H,80,99)(H,81,95)(H,82,94)(H,83,98)(H,92,93)/t49-,50-,51+,55-,56-,57-,58-,59-,60-,63-,64-,65-/m0/s1. The van der Waals surface area contributed by atoms with Gasteiger partial charge >= 0.3 is 5.97 Å². The van der Waals surface area contributed by atoms with Crippen molar-refractivity contribution in [3.63, 3.8) is 0 Å². The number of rotatable bonds is 39. The molecule has 1 aliphatic heterocycles. The van der Waals surface area contributed by atoms with Crippen molar-refractivity contribution >= 4 is 76.9 Å². The molecule has 28 nitrogen and oxygen atoms in total. The number of hydrogen-bond acceptors (Lipinski definition) is 15. The maximum atomic E-state index is 15.1. The average molecular weight is 1450 g/mol. The largest absolute Gasteiger partial charge is 0.481 e. The molecule has 0 unspecified atom stereocenters. The van der Waals surface area contributed by atoms with Crippen LogP contribution in [0.4, 0.5) is 0 Å². The Morgan fingerprint density at radius 1 is 0.433 bits per heavy atom. The Morgan fingerprint density at radius 2 is 0.875 bits per heavy atom. The quantitative estimate of drug-likeness (QED) is 0.0396. The highest BCUT2D eigenvalue weighted by molar-refractivity contribution is 6.00. The van der Waals surface area contributed by atoms with Crippen LogP contribution in [0.2, 0.25) is 0 Å². The van der Waals surface area contributed by atoms with Gasteiger partial charge in [-0.05, 0) is 100 Å². The number of carboxylic acid groups (broad SMARTS) is 1. The number of aliphatic hydroxyl groups excluding tert-OH is 1. The van der Waals surface area contributed by atoms with Crippen LogP contribution < -0.4 is 37.2 Å². The zero-order valence-electron chi connectivity index (χ0n) is 63.8. The maximum absolute atomic E-state index is 15.1. The number of hydrogen-bond donors (Lipinski definition) is 9. The third-order valence-corrected chi connectivity index (χ3v) is 18.9. The number of piperidine rings is 1. The third-order valence-electron chi connectivity index (χ3n) is 18.9. The first-order valence-electron chi connectivity index (χ1n) is 36.0. The topological polar surface area (TPSA) is 366 Å². The van der Waals surface area contributed by atoms with Crippen molar-refractivity contribution in [1.82, 2.24) is 66.6 Å². The molecule has 4 rings (SSSR count). The zero-order chi connectivity index (χ0) is 78.0. The fourth-order valence-corrected chi connectivity index (χ4v) is 12.6. The normalized spacial score (nSPS) is 15.7. The number of carbonyl (C=O) groups is 13. The number of likely N-dealkylation sites (N-methyl/N-ethyl adjacent to an activating group) is 6. The van der Waals surface area contributed by atoms with Crippen LogP contribution >= 0.6 is 0 Å². The van der Waals surface area contributed by atoms with Crippen LogP contribution in [0.5, 0.6) is 0 Å². The number of nitrogens with zero attached hydrogens (tertiary/aromatic N) is 6. The number of carbonyl (C=O) groups excluding carboxylic acids is 12. The van der Waals surface area contributed by atoms with E-state index < -0.39 is 168 Å². The highest BCUT2D eigenvalue weighted by atomic mass is 16.4. The minimum Gasteiger partial charge on any atom is -0.481 e. The first-order valence-corrected chi connectivity index (χ1v) is 36.0. The smallest absolute Gasteiger partial charge is 0.305 e. The predicted octanol–water partition coefficient (Wildman–Crippen LogP) is 2.29. The minimum atomic E-state index is -1.79. The zero-order valence-corrected chi connectivity index (χ0v) is 63.8. The van der Waals surface area contributed by atoms with Crippen molar-refractivity contribution in [1.29, 1.82) is 0 Å². The number of likely N-dealkylation sites (tertiary alicyclic amines) is 1. The molecule has 28 heteroatoms. The van der Waals surface area contributed by atoms with Gasteiger partial charge in [-0.15, -0.1) is 0 Å². The lowest BCUT2D eigenvalue weighted by Crippen LogP contribution is -2.62. The van der Waals surface area contributed by atoms with Crippen molar-refractivity contribution in [2.24, 2.45) is 23.7 Å². The van der Waals surface area contributed by atoms with Crippen LogP contribution in [0.25, 0.3) is 0 Å². The Hall–Kier alpha value is -9.31. The summed E-state index contributed by atoms with van der Waals surface area (Å²) in [6.07, 6.45) is -0.0199. The monoisotopic (exact) mass is 1450 g/mol. The van der Waals surface area contributed by atoms with Crippen LogP contribution in [-0.4, -0.2) is 251 Å². The highest BCUT2D eigenvalue weighted by Crippen LogP contribution is 2.22.